The zero-order valence-corrected chi connectivity index (χ0v) is 12.6. The molecule has 1 aromatic heterocycles. The van der Waals surface area contributed by atoms with Gasteiger partial charge in [-0.3, -0.25) is 9.88 Å². The quantitative estimate of drug-likeness (QED) is 0.903. The topological polar surface area (TPSA) is 28.2 Å². The van der Waals surface area contributed by atoms with Crippen LogP contribution in [0.4, 0.5) is 0 Å². The maximum Gasteiger partial charge on any atom is 0.0544 e. The first kappa shape index (κ1) is 14.5. The third kappa shape index (κ3) is 3.77. The molecule has 1 fully saturated rings. The average Bonchev–Trinajstić information content (AvgIpc) is 2.39. The number of hydrogen-bond acceptors (Lipinski definition) is 3. The molecule has 0 aromatic carbocycles. The van der Waals surface area contributed by atoms with E-state index in [1.165, 1.54) is 5.69 Å². The first-order valence-corrected chi connectivity index (χ1v) is 7.45. The lowest BCUT2D eigenvalue weighted by Gasteiger charge is -2.43. The summed E-state index contributed by atoms with van der Waals surface area (Å²) in [5.74, 6) is 1.35. The maximum absolute atomic E-state index is 4.47. The summed E-state index contributed by atoms with van der Waals surface area (Å²) < 4.78 is 0. The van der Waals surface area contributed by atoms with Crippen molar-refractivity contribution in [2.45, 2.75) is 46.3 Å². The fraction of sp³-hybridized carbons (Fsp3) is 0.688. The highest BCUT2D eigenvalue weighted by atomic mass is 15.2. The van der Waals surface area contributed by atoms with Crippen molar-refractivity contribution in [3.8, 4) is 0 Å². The number of hydrogen-bond donors (Lipinski definition) is 1. The molecule has 1 aliphatic rings. The van der Waals surface area contributed by atoms with Crippen LogP contribution >= 0.6 is 0 Å². The average molecular weight is 261 g/mol. The smallest absolute Gasteiger partial charge is 0.0544 e. The van der Waals surface area contributed by atoms with E-state index in [1.807, 2.05) is 12.3 Å². The van der Waals surface area contributed by atoms with E-state index >= 15 is 0 Å². The summed E-state index contributed by atoms with van der Waals surface area (Å²) in [7, 11) is 0. The van der Waals surface area contributed by atoms with Crippen LogP contribution in [0.1, 0.15) is 33.4 Å². The highest BCUT2D eigenvalue weighted by Gasteiger charge is 2.31. The Morgan fingerprint density at radius 3 is 2.63 bits per heavy atom. The van der Waals surface area contributed by atoms with Gasteiger partial charge in [0.1, 0.15) is 0 Å². The Balaban J connectivity index is 2.07. The van der Waals surface area contributed by atoms with E-state index in [1.54, 1.807) is 0 Å². The van der Waals surface area contributed by atoms with Crippen LogP contribution in [0.2, 0.25) is 0 Å². The number of aromatic nitrogens is 1. The lowest BCUT2D eigenvalue weighted by molar-refractivity contribution is 0.0772. The molecule has 1 saturated heterocycles. The predicted molar refractivity (Wildman–Crippen MR) is 79.9 cm³/mol. The summed E-state index contributed by atoms with van der Waals surface area (Å²) in [4.78, 5) is 7.08. The van der Waals surface area contributed by atoms with E-state index in [9.17, 15) is 0 Å². The molecular formula is C16H27N3. The minimum absolute atomic E-state index is 0.596. The summed E-state index contributed by atoms with van der Waals surface area (Å²) in [5.41, 5.74) is 1.18. The van der Waals surface area contributed by atoms with Crippen LogP contribution < -0.4 is 5.32 Å². The molecule has 0 aliphatic carbocycles. The van der Waals surface area contributed by atoms with Crippen LogP contribution in [0.5, 0.6) is 0 Å². The van der Waals surface area contributed by atoms with Gasteiger partial charge in [0.15, 0.2) is 0 Å². The lowest BCUT2D eigenvalue weighted by Crippen LogP contribution is -2.59. The van der Waals surface area contributed by atoms with Gasteiger partial charge in [0, 0.05) is 37.9 Å². The largest absolute Gasteiger partial charge is 0.311 e. The summed E-state index contributed by atoms with van der Waals surface area (Å²) in [6, 6.07) is 7.40. The van der Waals surface area contributed by atoms with Crippen molar-refractivity contribution >= 4 is 0 Å². The van der Waals surface area contributed by atoms with Gasteiger partial charge < -0.3 is 5.32 Å². The van der Waals surface area contributed by atoms with Gasteiger partial charge in [-0.05, 0) is 24.0 Å². The minimum atomic E-state index is 0.596. The molecule has 3 heteroatoms. The Bertz CT molecular complexity index is 375. The second-order valence-electron chi connectivity index (χ2n) is 6.32. The van der Waals surface area contributed by atoms with Crippen LogP contribution in [0.15, 0.2) is 24.4 Å². The molecule has 0 amide bonds. The van der Waals surface area contributed by atoms with Gasteiger partial charge >= 0.3 is 0 Å². The molecule has 0 radical (unpaired) electrons. The van der Waals surface area contributed by atoms with Gasteiger partial charge in [0.2, 0.25) is 0 Å². The molecule has 2 unspecified atom stereocenters. The zero-order chi connectivity index (χ0) is 13.8. The first-order chi connectivity index (χ1) is 9.08. The van der Waals surface area contributed by atoms with Crippen LogP contribution in [0, 0.1) is 11.8 Å². The normalized spacial score (nSPS) is 25.2. The molecule has 3 nitrogen and oxygen atoms in total. The monoisotopic (exact) mass is 261 g/mol. The Kier molecular flexibility index (Phi) is 4.94. The van der Waals surface area contributed by atoms with Crippen molar-refractivity contribution in [2.24, 2.45) is 11.8 Å². The van der Waals surface area contributed by atoms with E-state index < -0.39 is 0 Å². The maximum atomic E-state index is 4.47. The van der Waals surface area contributed by atoms with E-state index in [-0.39, 0.29) is 0 Å². The van der Waals surface area contributed by atoms with E-state index in [2.05, 4.69) is 55.0 Å². The van der Waals surface area contributed by atoms with Crippen molar-refractivity contribution in [3.63, 3.8) is 0 Å². The van der Waals surface area contributed by atoms with Crippen LogP contribution in [0.25, 0.3) is 0 Å². The fourth-order valence-corrected chi connectivity index (χ4v) is 2.84. The molecule has 2 atom stereocenters. The SMILES string of the molecule is CC(C)C1CN(Cc2ccccn2)C(C(C)C)CN1. The van der Waals surface area contributed by atoms with Crippen LogP contribution in [-0.2, 0) is 6.54 Å². The van der Waals surface area contributed by atoms with Crippen molar-refractivity contribution in [1.29, 1.82) is 0 Å². The second kappa shape index (κ2) is 6.49. The van der Waals surface area contributed by atoms with Crippen molar-refractivity contribution in [3.05, 3.63) is 30.1 Å². The molecule has 0 saturated carbocycles. The van der Waals surface area contributed by atoms with Gasteiger partial charge in [0.05, 0.1) is 5.69 Å². The molecule has 0 spiro atoms. The van der Waals surface area contributed by atoms with Gasteiger partial charge in [-0.1, -0.05) is 33.8 Å². The highest BCUT2D eigenvalue weighted by Crippen LogP contribution is 2.20. The van der Waals surface area contributed by atoms with E-state index in [0.717, 1.165) is 19.6 Å². The van der Waals surface area contributed by atoms with Crippen LogP contribution in [-0.4, -0.2) is 35.1 Å². The number of pyridine rings is 1. The van der Waals surface area contributed by atoms with Gasteiger partial charge in [-0.2, -0.15) is 0 Å². The third-order valence-corrected chi connectivity index (χ3v) is 4.15. The Morgan fingerprint density at radius 1 is 1.26 bits per heavy atom. The Morgan fingerprint density at radius 2 is 2.05 bits per heavy atom. The van der Waals surface area contributed by atoms with Crippen molar-refractivity contribution in [2.75, 3.05) is 13.1 Å². The van der Waals surface area contributed by atoms with Crippen LogP contribution in [0.3, 0.4) is 0 Å². The molecule has 1 N–H and O–H groups in total. The number of nitrogens with zero attached hydrogens (tertiary/aromatic N) is 2. The zero-order valence-electron chi connectivity index (χ0n) is 12.6. The van der Waals surface area contributed by atoms with Crippen molar-refractivity contribution < 1.29 is 0 Å². The Hall–Kier alpha value is -0.930. The van der Waals surface area contributed by atoms with E-state index in [4.69, 9.17) is 0 Å². The number of nitrogens with one attached hydrogen (secondary N) is 1. The molecular weight excluding hydrogens is 234 g/mol. The lowest BCUT2D eigenvalue weighted by atomic mass is 9.94. The second-order valence-corrected chi connectivity index (χ2v) is 6.32. The number of piperazine rings is 1. The predicted octanol–water partition coefficient (Wildman–Crippen LogP) is 2.54. The molecule has 0 bridgehead atoms. The number of rotatable bonds is 4. The first-order valence-electron chi connectivity index (χ1n) is 7.45. The fourth-order valence-electron chi connectivity index (χ4n) is 2.84. The Labute approximate surface area is 117 Å². The minimum Gasteiger partial charge on any atom is -0.311 e. The van der Waals surface area contributed by atoms with Gasteiger partial charge in [-0.25, -0.2) is 0 Å². The van der Waals surface area contributed by atoms with E-state index in [0.29, 0.717) is 23.9 Å². The van der Waals surface area contributed by atoms with Crippen molar-refractivity contribution in [1.82, 2.24) is 15.2 Å². The molecule has 1 aliphatic heterocycles. The third-order valence-electron chi connectivity index (χ3n) is 4.15. The standard InChI is InChI=1S/C16H27N3/c1-12(2)15-11-19(16(9-18-15)13(3)4)10-14-7-5-6-8-17-14/h5-8,12-13,15-16,18H,9-11H2,1-4H3. The summed E-state index contributed by atoms with van der Waals surface area (Å²) in [6.45, 7) is 12.4. The molecule has 19 heavy (non-hydrogen) atoms. The molecule has 106 valence electrons. The summed E-state index contributed by atoms with van der Waals surface area (Å²) >= 11 is 0. The molecule has 2 rings (SSSR count). The van der Waals surface area contributed by atoms with Gasteiger partial charge in [0.25, 0.3) is 0 Å². The summed E-state index contributed by atoms with van der Waals surface area (Å²) in [6.07, 6.45) is 1.89. The van der Waals surface area contributed by atoms with Gasteiger partial charge in [-0.15, -0.1) is 0 Å². The highest BCUT2D eigenvalue weighted by molar-refractivity contribution is 5.04. The molecule has 1 aromatic rings. The molecule has 2 heterocycles. The summed E-state index contributed by atoms with van der Waals surface area (Å²) in [5, 5.41) is 3.70.